The third-order valence-corrected chi connectivity index (χ3v) is 7.44. The summed E-state index contributed by atoms with van der Waals surface area (Å²) in [6.07, 6.45) is 1.96. The van der Waals surface area contributed by atoms with Crippen molar-refractivity contribution >= 4 is 47.0 Å². The number of benzene rings is 2. The molecule has 11 heteroatoms. The van der Waals surface area contributed by atoms with E-state index in [9.17, 15) is 19.2 Å². The number of carbonyl (C=O) groups excluding carboxylic acids is 4. The molecule has 2 atom stereocenters. The second-order valence-electron chi connectivity index (χ2n) is 9.38. The van der Waals surface area contributed by atoms with Crippen LogP contribution in [-0.4, -0.2) is 49.6 Å². The van der Waals surface area contributed by atoms with E-state index >= 15 is 0 Å². The molecule has 1 fully saturated rings. The van der Waals surface area contributed by atoms with Crippen molar-refractivity contribution in [2.75, 3.05) is 14.2 Å². The van der Waals surface area contributed by atoms with Gasteiger partial charge in [-0.05, 0) is 49.1 Å². The van der Waals surface area contributed by atoms with Gasteiger partial charge >= 0.3 is 11.9 Å². The molecule has 1 saturated heterocycles. The highest BCUT2D eigenvalue weighted by Crippen LogP contribution is 2.30. The number of methoxy groups -OCH3 is 2. The molecule has 9 nitrogen and oxygen atoms in total. The van der Waals surface area contributed by atoms with E-state index < -0.39 is 17.6 Å². The number of amides is 2. The van der Waals surface area contributed by atoms with Crippen molar-refractivity contribution in [1.29, 1.82) is 0 Å². The van der Waals surface area contributed by atoms with Gasteiger partial charge in [0.25, 0.3) is 0 Å². The summed E-state index contributed by atoms with van der Waals surface area (Å²) < 4.78 is 15.4. The van der Waals surface area contributed by atoms with Gasteiger partial charge in [0.05, 0.1) is 14.2 Å². The van der Waals surface area contributed by atoms with Crippen LogP contribution in [0.2, 0.25) is 10.0 Å². The molecule has 1 aliphatic rings. The minimum atomic E-state index is -0.902. The summed E-state index contributed by atoms with van der Waals surface area (Å²) in [4.78, 5) is 48.7. The lowest BCUT2D eigenvalue weighted by Gasteiger charge is -2.29. The molecule has 1 heterocycles. The van der Waals surface area contributed by atoms with Crippen molar-refractivity contribution in [2.45, 2.75) is 63.1 Å². The van der Waals surface area contributed by atoms with Crippen molar-refractivity contribution in [1.82, 2.24) is 10.6 Å². The Balaban J connectivity index is 1.57. The second-order valence-corrected chi connectivity index (χ2v) is 10.2. The summed E-state index contributed by atoms with van der Waals surface area (Å²) in [6, 6.07) is 11.4. The molecule has 39 heavy (non-hydrogen) atoms. The van der Waals surface area contributed by atoms with Gasteiger partial charge in [-0.15, -0.1) is 0 Å². The van der Waals surface area contributed by atoms with E-state index in [4.69, 9.17) is 37.4 Å². The molecule has 2 aromatic carbocycles. The zero-order valence-electron chi connectivity index (χ0n) is 21.9. The quantitative estimate of drug-likeness (QED) is 0.342. The van der Waals surface area contributed by atoms with Gasteiger partial charge in [0.15, 0.2) is 0 Å². The minimum absolute atomic E-state index is 0.0618. The van der Waals surface area contributed by atoms with Crippen LogP contribution >= 0.6 is 23.2 Å². The topological polar surface area (TPSA) is 120 Å². The Kier molecular flexibility index (Phi) is 11.0. The molecule has 1 aliphatic heterocycles. The molecule has 0 aliphatic carbocycles. The van der Waals surface area contributed by atoms with Crippen LogP contribution in [0.1, 0.15) is 49.7 Å². The van der Waals surface area contributed by atoms with Crippen molar-refractivity contribution in [2.24, 2.45) is 0 Å². The Morgan fingerprint density at radius 2 is 1.67 bits per heavy atom. The number of halogens is 2. The van der Waals surface area contributed by atoms with Crippen molar-refractivity contribution < 1.29 is 33.4 Å². The number of nitrogens with one attached hydrogen (secondary N) is 2. The van der Waals surface area contributed by atoms with Crippen LogP contribution in [0.5, 0.6) is 5.75 Å². The zero-order valence-corrected chi connectivity index (χ0v) is 23.4. The molecular formula is C28H32Cl2N2O7. The standard InChI is InChI=1S/C28H32Cl2N2O7/c1-37-26(35)12-15-28(14-11-25(34)32-28)13-10-24(33)31-23(27(36)38-2)16-18-6-8-19(9-7-18)39-17-20-21(29)4-3-5-22(20)30/h3-9,23H,10-17H2,1-2H3,(H,31,33)(H,32,34)/t23-,28?/m0/s1. The lowest BCUT2D eigenvalue weighted by atomic mass is 9.86. The number of hydrogen-bond donors (Lipinski definition) is 2. The fourth-order valence-corrected chi connectivity index (χ4v) is 4.96. The molecule has 0 bridgehead atoms. The van der Waals surface area contributed by atoms with E-state index in [-0.39, 0.29) is 43.7 Å². The summed E-state index contributed by atoms with van der Waals surface area (Å²) in [7, 11) is 2.56. The predicted molar refractivity (Wildman–Crippen MR) is 145 cm³/mol. The number of rotatable bonds is 13. The molecule has 2 amide bonds. The Morgan fingerprint density at radius 3 is 2.26 bits per heavy atom. The minimum Gasteiger partial charge on any atom is -0.489 e. The van der Waals surface area contributed by atoms with Crippen LogP contribution in [0.25, 0.3) is 0 Å². The van der Waals surface area contributed by atoms with Crippen molar-refractivity contribution in [3.63, 3.8) is 0 Å². The molecule has 0 aromatic heterocycles. The Morgan fingerprint density at radius 1 is 1.00 bits per heavy atom. The average molecular weight is 579 g/mol. The van der Waals surface area contributed by atoms with E-state index in [2.05, 4.69) is 10.6 Å². The zero-order chi connectivity index (χ0) is 28.4. The molecule has 210 valence electrons. The molecule has 1 unspecified atom stereocenters. The number of ether oxygens (including phenoxy) is 3. The molecule has 0 saturated carbocycles. The first kappa shape index (κ1) is 30.2. The normalized spacial score (nSPS) is 17.2. The number of esters is 2. The van der Waals surface area contributed by atoms with E-state index in [0.29, 0.717) is 47.0 Å². The third-order valence-electron chi connectivity index (χ3n) is 6.73. The van der Waals surface area contributed by atoms with Gasteiger partial charge in [-0.3, -0.25) is 14.4 Å². The first-order chi connectivity index (χ1) is 18.6. The Hall–Kier alpha value is -3.30. The molecule has 2 aromatic rings. The van der Waals surface area contributed by atoms with Gasteiger partial charge in [0.1, 0.15) is 18.4 Å². The van der Waals surface area contributed by atoms with Crippen LogP contribution in [0.4, 0.5) is 0 Å². The smallest absolute Gasteiger partial charge is 0.328 e. The monoisotopic (exact) mass is 578 g/mol. The van der Waals surface area contributed by atoms with Gasteiger partial charge in [0.2, 0.25) is 11.8 Å². The summed E-state index contributed by atoms with van der Waals surface area (Å²) in [5.41, 5.74) is 0.807. The van der Waals surface area contributed by atoms with Crippen LogP contribution in [-0.2, 0) is 41.7 Å². The maximum absolute atomic E-state index is 12.8. The molecule has 2 N–H and O–H groups in total. The Labute approximate surface area is 237 Å². The maximum Gasteiger partial charge on any atom is 0.328 e. The lowest BCUT2D eigenvalue weighted by molar-refractivity contribution is -0.145. The molecule has 0 radical (unpaired) electrons. The van der Waals surface area contributed by atoms with Crippen molar-refractivity contribution in [3.8, 4) is 5.75 Å². The summed E-state index contributed by atoms with van der Waals surface area (Å²) in [6.45, 7) is 0.195. The van der Waals surface area contributed by atoms with Crippen LogP contribution in [0.3, 0.4) is 0 Å². The third kappa shape index (κ3) is 8.86. The van der Waals surface area contributed by atoms with Crippen LogP contribution in [0, 0.1) is 0 Å². The van der Waals surface area contributed by atoms with E-state index in [1.807, 2.05) is 0 Å². The second kappa shape index (κ2) is 14.2. The average Bonchev–Trinajstić information content (AvgIpc) is 3.31. The van der Waals surface area contributed by atoms with Gasteiger partial charge in [-0.25, -0.2) is 4.79 Å². The first-order valence-corrected chi connectivity index (χ1v) is 13.3. The van der Waals surface area contributed by atoms with Crippen LogP contribution < -0.4 is 15.4 Å². The molecule has 3 rings (SSSR count). The SMILES string of the molecule is COC(=O)CCC1(CCC(=O)N[C@@H](Cc2ccc(OCc3c(Cl)cccc3Cl)cc2)C(=O)OC)CCC(=O)N1. The highest BCUT2D eigenvalue weighted by molar-refractivity contribution is 6.35. The van der Waals surface area contributed by atoms with Crippen LogP contribution in [0.15, 0.2) is 42.5 Å². The van der Waals surface area contributed by atoms with Gasteiger partial charge in [0, 0.05) is 46.8 Å². The maximum atomic E-state index is 12.8. The lowest BCUT2D eigenvalue weighted by Crippen LogP contribution is -2.46. The fraction of sp³-hybridized carbons (Fsp3) is 0.429. The van der Waals surface area contributed by atoms with Gasteiger partial charge in [-0.1, -0.05) is 41.4 Å². The summed E-state index contributed by atoms with van der Waals surface area (Å²) >= 11 is 12.4. The first-order valence-electron chi connectivity index (χ1n) is 12.5. The van der Waals surface area contributed by atoms with E-state index in [0.717, 1.165) is 5.56 Å². The summed E-state index contributed by atoms with van der Waals surface area (Å²) in [5.74, 6) is -0.846. The van der Waals surface area contributed by atoms with Gasteiger partial charge < -0.3 is 24.8 Å². The Bertz CT molecular complexity index is 1170. The number of carbonyl (C=O) groups is 4. The van der Waals surface area contributed by atoms with Gasteiger partial charge in [-0.2, -0.15) is 0 Å². The van der Waals surface area contributed by atoms with E-state index in [1.54, 1.807) is 42.5 Å². The largest absolute Gasteiger partial charge is 0.489 e. The molecular weight excluding hydrogens is 547 g/mol. The number of hydrogen-bond acceptors (Lipinski definition) is 7. The predicted octanol–water partition coefficient (Wildman–Crippen LogP) is 4.15. The highest BCUT2D eigenvalue weighted by atomic mass is 35.5. The highest BCUT2D eigenvalue weighted by Gasteiger charge is 2.38. The molecule has 0 spiro atoms. The summed E-state index contributed by atoms with van der Waals surface area (Å²) in [5, 5.41) is 6.69. The van der Waals surface area contributed by atoms with Crippen molar-refractivity contribution in [3.05, 3.63) is 63.6 Å². The fourth-order valence-electron chi connectivity index (χ4n) is 4.46. The van der Waals surface area contributed by atoms with E-state index in [1.165, 1.54) is 14.2 Å².